The maximum atomic E-state index is 13.9. The number of nitrogens with zero attached hydrogens (tertiary/aromatic N) is 5. The highest BCUT2D eigenvalue weighted by Gasteiger charge is 2.37. The second-order valence-corrected chi connectivity index (χ2v) is 6.65. The molecule has 3 heterocycles. The minimum Gasteiger partial charge on any atom is -0.495 e. The summed E-state index contributed by atoms with van der Waals surface area (Å²) < 4.78 is 53.7. The molecule has 0 aliphatic heterocycles. The van der Waals surface area contributed by atoms with Crippen LogP contribution in [0.15, 0.2) is 42.6 Å². The first-order chi connectivity index (χ1) is 14.8. The topological polar surface area (TPSA) is 75.0 Å². The zero-order valence-corrected chi connectivity index (χ0v) is 17.1. The second-order valence-electron chi connectivity index (χ2n) is 6.26. The van der Waals surface area contributed by atoms with Gasteiger partial charge >= 0.3 is 6.18 Å². The average molecular weight is 450 g/mol. The highest BCUT2D eigenvalue weighted by molar-refractivity contribution is 6.29. The minimum absolute atomic E-state index is 0.000294. The molecular weight excluding hydrogens is 435 g/mol. The zero-order chi connectivity index (χ0) is 22.2. The summed E-state index contributed by atoms with van der Waals surface area (Å²) in [5, 5.41) is -0.000294. The van der Waals surface area contributed by atoms with Gasteiger partial charge in [-0.3, -0.25) is 4.57 Å². The summed E-state index contributed by atoms with van der Waals surface area (Å²) in [6.45, 7) is 2.17. The fourth-order valence-electron chi connectivity index (χ4n) is 3.13. The lowest BCUT2D eigenvalue weighted by Gasteiger charge is -2.18. The number of aromatic nitrogens is 5. The van der Waals surface area contributed by atoms with Gasteiger partial charge in [0.1, 0.15) is 22.3 Å². The normalized spacial score (nSPS) is 11.7. The lowest BCUT2D eigenvalue weighted by atomic mass is 10.1. The molecule has 11 heteroatoms. The van der Waals surface area contributed by atoms with Gasteiger partial charge in [0.05, 0.1) is 25.5 Å². The number of imidazole rings is 1. The Morgan fingerprint density at radius 3 is 2.55 bits per heavy atom. The van der Waals surface area contributed by atoms with Crippen LogP contribution in [0.1, 0.15) is 12.5 Å². The van der Waals surface area contributed by atoms with Crippen molar-refractivity contribution in [2.24, 2.45) is 0 Å². The van der Waals surface area contributed by atoms with E-state index in [0.29, 0.717) is 12.5 Å². The monoisotopic (exact) mass is 449 g/mol. The first kappa shape index (κ1) is 20.9. The van der Waals surface area contributed by atoms with E-state index in [9.17, 15) is 13.2 Å². The molecule has 0 spiro atoms. The Bertz CT molecular complexity index is 1260. The summed E-state index contributed by atoms with van der Waals surface area (Å²) in [5.41, 5.74) is -0.839. The number of alkyl halides is 3. The van der Waals surface area contributed by atoms with E-state index in [1.165, 1.54) is 30.0 Å². The third-order valence-corrected chi connectivity index (χ3v) is 4.52. The first-order valence-electron chi connectivity index (χ1n) is 9.09. The van der Waals surface area contributed by atoms with Crippen LogP contribution in [0.2, 0.25) is 5.15 Å². The Hall–Kier alpha value is -3.40. The SMILES string of the molecule is CCOc1cccc(-c2nc3ncc(Cl)nc3n2-c2c(OC)cccc2C(F)(F)F)n1. The van der Waals surface area contributed by atoms with E-state index in [1.54, 1.807) is 25.1 Å². The van der Waals surface area contributed by atoms with Gasteiger partial charge in [-0.15, -0.1) is 0 Å². The van der Waals surface area contributed by atoms with Gasteiger partial charge in [-0.25, -0.2) is 19.9 Å². The smallest absolute Gasteiger partial charge is 0.418 e. The lowest BCUT2D eigenvalue weighted by Crippen LogP contribution is -2.13. The summed E-state index contributed by atoms with van der Waals surface area (Å²) in [6, 6.07) is 8.54. The number of ether oxygens (including phenoxy) is 2. The van der Waals surface area contributed by atoms with E-state index in [2.05, 4.69) is 19.9 Å². The van der Waals surface area contributed by atoms with E-state index in [0.717, 1.165) is 6.07 Å². The van der Waals surface area contributed by atoms with Crippen LogP contribution in [0.25, 0.3) is 28.5 Å². The molecule has 0 saturated heterocycles. The Labute approximate surface area is 179 Å². The predicted octanol–water partition coefficient (Wildman–Crippen LogP) is 4.96. The van der Waals surface area contributed by atoms with Crippen molar-refractivity contribution in [3.63, 3.8) is 0 Å². The molecule has 0 atom stereocenters. The number of methoxy groups -OCH3 is 1. The molecule has 0 aliphatic carbocycles. The van der Waals surface area contributed by atoms with E-state index in [-0.39, 0.29) is 39.4 Å². The molecule has 0 aliphatic rings. The fraction of sp³-hybridized carbons (Fsp3) is 0.200. The molecule has 1 aromatic carbocycles. The van der Waals surface area contributed by atoms with E-state index in [4.69, 9.17) is 21.1 Å². The van der Waals surface area contributed by atoms with Crippen LogP contribution in [0.3, 0.4) is 0 Å². The predicted molar refractivity (Wildman–Crippen MR) is 108 cm³/mol. The number of benzene rings is 1. The second kappa shape index (κ2) is 8.03. The Kier molecular flexibility index (Phi) is 5.40. The summed E-state index contributed by atoms with van der Waals surface area (Å²) in [5.74, 6) is 0.348. The summed E-state index contributed by atoms with van der Waals surface area (Å²) in [7, 11) is 1.28. The molecular formula is C20H15ClF3N5O2. The van der Waals surface area contributed by atoms with Gasteiger partial charge in [-0.2, -0.15) is 13.2 Å². The molecule has 4 rings (SSSR count). The first-order valence-corrected chi connectivity index (χ1v) is 9.47. The molecule has 0 fully saturated rings. The van der Waals surface area contributed by atoms with Crippen molar-refractivity contribution < 1.29 is 22.6 Å². The minimum atomic E-state index is -4.68. The van der Waals surface area contributed by atoms with Crippen LogP contribution in [-0.2, 0) is 6.18 Å². The zero-order valence-electron chi connectivity index (χ0n) is 16.3. The molecule has 0 amide bonds. The van der Waals surface area contributed by atoms with Gasteiger partial charge in [-0.1, -0.05) is 23.7 Å². The van der Waals surface area contributed by atoms with Crippen molar-refractivity contribution in [1.82, 2.24) is 24.5 Å². The maximum absolute atomic E-state index is 13.9. The summed E-state index contributed by atoms with van der Waals surface area (Å²) in [6.07, 6.45) is -3.41. The van der Waals surface area contributed by atoms with E-state index >= 15 is 0 Å². The van der Waals surface area contributed by atoms with Gasteiger partial charge < -0.3 is 9.47 Å². The number of halogens is 4. The Balaban J connectivity index is 2.11. The average Bonchev–Trinajstić information content (AvgIpc) is 3.11. The summed E-state index contributed by atoms with van der Waals surface area (Å²) >= 11 is 6.00. The van der Waals surface area contributed by atoms with Crippen LogP contribution in [0.5, 0.6) is 11.6 Å². The van der Waals surface area contributed by atoms with Crippen LogP contribution < -0.4 is 9.47 Å². The fourth-order valence-corrected chi connectivity index (χ4v) is 3.26. The quantitative estimate of drug-likeness (QED) is 0.429. The van der Waals surface area contributed by atoms with Crippen LogP contribution in [0, 0.1) is 0 Å². The third-order valence-electron chi connectivity index (χ3n) is 4.33. The molecule has 0 N–H and O–H groups in total. The highest BCUT2D eigenvalue weighted by atomic mass is 35.5. The number of fused-ring (bicyclic) bond motifs is 1. The van der Waals surface area contributed by atoms with Crippen molar-refractivity contribution in [3.8, 4) is 28.8 Å². The molecule has 0 unspecified atom stereocenters. The van der Waals surface area contributed by atoms with Crippen molar-refractivity contribution in [2.75, 3.05) is 13.7 Å². The van der Waals surface area contributed by atoms with Crippen LogP contribution in [-0.4, -0.2) is 38.2 Å². The molecule has 160 valence electrons. The van der Waals surface area contributed by atoms with Crippen molar-refractivity contribution in [2.45, 2.75) is 13.1 Å². The van der Waals surface area contributed by atoms with E-state index < -0.39 is 11.7 Å². The van der Waals surface area contributed by atoms with Crippen molar-refractivity contribution in [1.29, 1.82) is 0 Å². The molecule has 0 bridgehead atoms. The third kappa shape index (κ3) is 3.86. The number of pyridine rings is 1. The lowest BCUT2D eigenvalue weighted by molar-refractivity contribution is -0.137. The molecule has 7 nitrogen and oxygen atoms in total. The number of rotatable bonds is 5. The maximum Gasteiger partial charge on any atom is 0.418 e. The standard InChI is InChI=1S/C20H15ClF3N5O2/c1-3-31-15-9-5-7-12(26-15)18-28-17-19(27-14(21)10-25-17)29(18)16-11(20(22,23)24)6-4-8-13(16)30-2/h4-10H,3H2,1-2H3. The van der Waals surface area contributed by atoms with E-state index in [1.807, 2.05) is 0 Å². The van der Waals surface area contributed by atoms with Gasteiger partial charge in [0.15, 0.2) is 17.1 Å². The van der Waals surface area contributed by atoms with Gasteiger partial charge in [0, 0.05) is 6.07 Å². The Morgan fingerprint density at radius 2 is 1.84 bits per heavy atom. The highest BCUT2D eigenvalue weighted by Crippen LogP contribution is 2.41. The van der Waals surface area contributed by atoms with Gasteiger partial charge in [0.25, 0.3) is 0 Å². The van der Waals surface area contributed by atoms with Crippen molar-refractivity contribution >= 4 is 22.9 Å². The van der Waals surface area contributed by atoms with Gasteiger partial charge in [0.2, 0.25) is 5.88 Å². The summed E-state index contributed by atoms with van der Waals surface area (Å²) in [4.78, 5) is 17.0. The molecule has 31 heavy (non-hydrogen) atoms. The number of hydrogen-bond donors (Lipinski definition) is 0. The largest absolute Gasteiger partial charge is 0.495 e. The molecule has 3 aromatic heterocycles. The number of para-hydroxylation sites is 1. The molecule has 4 aromatic rings. The van der Waals surface area contributed by atoms with Crippen molar-refractivity contribution in [3.05, 3.63) is 53.3 Å². The van der Waals surface area contributed by atoms with Crippen LogP contribution in [0.4, 0.5) is 13.2 Å². The number of hydrogen-bond acceptors (Lipinski definition) is 6. The Morgan fingerprint density at radius 1 is 1.06 bits per heavy atom. The molecule has 0 saturated carbocycles. The van der Waals surface area contributed by atoms with Gasteiger partial charge in [-0.05, 0) is 25.1 Å². The molecule has 0 radical (unpaired) electrons. The van der Waals surface area contributed by atoms with Crippen LogP contribution >= 0.6 is 11.6 Å².